The Bertz CT molecular complexity index is 1100. The summed E-state index contributed by atoms with van der Waals surface area (Å²) >= 11 is 6.05. The largest absolute Gasteiger partial charge is 0.508 e. The van der Waals surface area contributed by atoms with Crippen LogP contribution < -0.4 is 5.32 Å². The third kappa shape index (κ3) is 2.68. The maximum atomic E-state index is 13.2. The Morgan fingerprint density at radius 2 is 1.89 bits per heavy atom. The Hall–Kier alpha value is -3.12. The van der Waals surface area contributed by atoms with Gasteiger partial charge >= 0.3 is 0 Å². The lowest BCUT2D eigenvalue weighted by Crippen LogP contribution is -2.33. The molecule has 6 nitrogen and oxygen atoms in total. The molecule has 2 atom stereocenters. The molecule has 1 aliphatic carbocycles. The molecule has 7 heteroatoms. The number of para-hydroxylation sites is 1. The monoisotopic (exact) mass is 392 g/mol. The van der Waals surface area contributed by atoms with E-state index in [-0.39, 0.29) is 23.5 Å². The number of aromatic nitrogens is 3. The second-order valence-electron chi connectivity index (χ2n) is 7.09. The van der Waals surface area contributed by atoms with Crippen molar-refractivity contribution in [1.82, 2.24) is 14.8 Å². The highest BCUT2D eigenvalue weighted by Crippen LogP contribution is 2.45. The van der Waals surface area contributed by atoms with E-state index >= 15 is 0 Å². The predicted octanol–water partition coefficient (Wildman–Crippen LogP) is 4.05. The summed E-state index contributed by atoms with van der Waals surface area (Å²) in [7, 11) is 0. The van der Waals surface area contributed by atoms with E-state index in [0.717, 1.165) is 16.8 Å². The normalized spacial score (nSPS) is 21.1. The molecule has 2 unspecified atom stereocenters. The highest BCUT2D eigenvalue weighted by atomic mass is 35.5. The van der Waals surface area contributed by atoms with Crippen molar-refractivity contribution in [3.05, 3.63) is 82.3 Å². The van der Waals surface area contributed by atoms with Gasteiger partial charge in [0.05, 0.1) is 0 Å². The van der Waals surface area contributed by atoms with Crippen LogP contribution in [0.25, 0.3) is 0 Å². The van der Waals surface area contributed by atoms with Crippen LogP contribution in [-0.2, 0) is 4.79 Å². The Morgan fingerprint density at radius 3 is 2.68 bits per heavy atom. The third-order valence-electron chi connectivity index (χ3n) is 5.42. The lowest BCUT2D eigenvalue weighted by atomic mass is 9.77. The summed E-state index contributed by atoms with van der Waals surface area (Å²) in [5.41, 5.74) is 3.26. The molecule has 2 heterocycles. The molecular weight excluding hydrogens is 376 g/mol. The van der Waals surface area contributed by atoms with Crippen molar-refractivity contribution >= 4 is 23.3 Å². The first kappa shape index (κ1) is 17.0. The number of carbonyl (C=O) groups is 1. The molecule has 0 spiro atoms. The van der Waals surface area contributed by atoms with Crippen LogP contribution in [0.2, 0.25) is 5.02 Å². The van der Waals surface area contributed by atoms with Crippen molar-refractivity contribution in [2.24, 2.45) is 0 Å². The van der Waals surface area contributed by atoms with Crippen molar-refractivity contribution in [2.75, 3.05) is 5.32 Å². The number of hydrogen-bond acceptors (Lipinski definition) is 5. The van der Waals surface area contributed by atoms with E-state index in [9.17, 15) is 9.90 Å². The molecule has 0 bridgehead atoms. The zero-order valence-electron chi connectivity index (χ0n) is 14.8. The number of nitrogens with zero attached hydrogens (tertiary/aromatic N) is 3. The van der Waals surface area contributed by atoms with Crippen LogP contribution >= 0.6 is 11.6 Å². The highest BCUT2D eigenvalue weighted by Gasteiger charge is 2.39. The van der Waals surface area contributed by atoms with Crippen molar-refractivity contribution in [1.29, 1.82) is 0 Å². The minimum atomic E-state index is -0.344. The van der Waals surface area contributed by atoms with Gasteiger partial charge in [0.1, 0.15) is 18.1 Å². The molecule has 2 aromatic carbocycles. The summed E-state index contributed by atoms with van der Waals surface area (Å²) in [5, 5.41) is 18.5. The van der Waals surface area contributed by atoms with Gasteiger partial charge in [-0.05, 0) is 35.7 Å². The van der Waals surface area contributed by atoms with Gasteiger partial charge in [-0.25, -0.2) is 4.68 Å². The molecule has 0 saturated heterocycles. The second-order valence-corrected chi connectivity index (χ2v) is 7.52. The molecule has 28 heavy (non-hydrogen) atoms. The van der Waals surface area contributed by atoms with Crippen molar-refractivity contribution in [3.8, 4) is 5.75 Å². The fourth-order valence-electron chi connectivity index (χ4n) is 4.16. The molecule has 140 valence electrons. The first-order valence-electron chi connectivity index (χ1n) is 9.08. The maximum absolute atomic E-state index is 13.2. The topological polar surface area (TPSA) is 80.0 Å². The van der Waals surface area contributed by atoms with Crippen LogP contribution in [0.15, 0.2) is 66.1 Å². The molecule has 0 amide bonds. The Balaban J connectivity index is 1.61. The van der Waals surface area contributed by atoms with E-state index in [1.807, 2.05) is 36.4 Å². The van der Waals surface area contributed by atoms with Crippen LogP contribution in [0.1, 0.15) is 35.9 Å². The summed E-state index contributed by atoms with van der Waals surface area (Å²) in [6.45, 7) is 0. The van der Waals surface area contributed by atoms with Gasteiger partial charge in [-0.15, -0.1) is 0 Å². The van der Waals surface area contributed by atoms with Crippen molar-refractivity contribution in [3.63, 3.8) is 0 Å². The van der Waals surface area contributed by atoms with Gasteiger partial charge in [0.25, 0.3) is 0 Å². The van der Waals surface area contributed by atoms with E-state index in [1.165, 1.54) is 6.33 Å². The number of aromatic hydroxyl groups is 1. The van der Waals surface area contributed by atoms with Gasteiger partial charge in [0, 0.05) is 28.6 Å². The smallest absolute Gasteiger partial charge is 0.226 e. The second kappa shape index (κ2) is 6.49. The van der Waals surface area contributed by atoms with E-state index in [2.05, 4.69) is 15.4 Å². The van der Waals surface area contributed by atoms with Crippen LogP contribution in [0.5, 0.6) is 5.75 Å². The number of hydrogen-bond donors (Lipinski definition) is 2. The summed E-state index contributed by atoms with van der Waals surface area (Å²) in [5.74, 6) is 0.783. The van der Waals surface area contributed by atoms with Gasteiger partial charge in [-0.1, -0.05) is 41.9 Å². The number of phenolic OH excluding ortho intramolecular Hbond substituents is 1. The number of anilines is 1. The van der Waals surface area contributed by atoms with Gasteiger partial charge in [-0.2, -0.15) is 10.1 Å². The Labute approximate surface area is 166 Å². The number of allylic oxidation sites excluding steroid dienone is 2. The third-order valence-corrected chi connectivity index (χ3v) is 5.68. The fourth-order valence-corrected chi connectivity index (χ4v) is 4.28. The number of ketones is 1. The number of benzene rings is 2. The zero-order chi connectivity index (χ0) is 19.3. The predicted molar refractivity (Wildman–Crippen MR) is 105 cm³/mol. The van der Waals surface area contributed by atoms with Crippen LogP contribution in [0, 0.1) is 0 Å². The van der Waals surface area contributed by atoms with Gasteiger partial charge in [0.15, 0.2) is 5.78 Å². The number of fused-ring (bicyclic) bond motifs is 1. The molecule has 2 aliphatic rings. The quantitative estimate of drug-likeness (QED) is 0.687. The fraction of sp³-hybridized carbons (Fsp3) is 0.190. The minimum absolute atomic E-state index is 0.0445. The van der Waals surface area contributed by atoms with E-state index < -0.39 is 0 Å². The summed E-state index contributed by atoms with van der Waals surface area (Å²) < 4.78 is 1.74. The summed E-state index contributed by atoms with van der Waals surface area (Å²) in [6.07, 6.45) is 2.44. The first-order chi connectivity index (χ1) is 13.6. The average Bonchev–Trinajstić information content (AvgIpc) is 3.15. The van der Waals surface area contributed by atoms with Crippen molar-refractivity contribution < 1.29 is 9.90 Å². The first-order valence-corrected chi connectivity index (χ1v) is 9.45. The van der Waals surface area contributed by atoms with Crippen LogP contribution in [0.4, 0.5) is 5.95 Å². The van der Waals surface area contributed by atoms with E-state index in [1.54, 1.807) is 16.8 Å². The molecule has 0 saturated carbocycles. The van der Waals surface area contributed by atoms with Gasteiger partial charge in [-0.3, -0.25) is 4.79 Å². The van der Waals surface area contributed by atoms with E-state index in [4.69, 9.17) is 11.6 Å². The summed E-state index contributed by atoms with van der Waals surface area (Å²) in [4.78, 5) is 17.5. The Kier molecular flexibility index (Phi) is 3.94. The molecule has 0 fully saturated rings. The van der Waals surface area contributed by atoms with E-state index in [0.29, 0.717) is 29.4 Å². The highest BCUT2D eigenvalue weighted by molar-refractivity contribution is 6.30. The molecule has 1 aliphatic heterocycles. The molecular formula is C21H17ClN4O2. The van der Waals surface area contributed by atoms with Gasteiger partial charge in [0.2, 0.25) is 5.95 Å². The minimum Gasteiger partial charge on any atom is -0.508 e. The molecule has 3 aromatic rings. The lowest BCUT2D eigenvalue weighted by molar-refractivity contribution is -0.116. The number of carbonyl (C=O) groups excluding carboxylic acids is 1. The molecule has 1 aromatic heterocycles. The Morgan fingerprint density at radius 1 is 1.11 bits per heavy atom. The number of nitrogens with one attached hydrogen (secondary N) is 1. The van der Waals surface area contributed by atoms with Crippen LogP contribution in [0.3, 0.4) is 0 Å². The molecule has 0 radical (unpaired) electrons. The maximum Gasteiger partial charge on any atom is 0.226 e. The standard InChI is InChI=1S/C21H17ClN4O2/c22-14-7-5-12(6-8-14)20-19-16(25-21-23-11-24-26(20)21)9-13(10-18(19)28)15-3-1-2-4-17(15)27/h1-8,11,13,20,27H,9-10H2,(H,23,24,25). The number of phenols is 1. The van der Waals surface area contributed by atoms with Crippen LogP contribution in [-0.4, -0.2) is 25.7 Å². The number of rotatable bonds is 2. The SMILES string of the molecule is O=C1CC(c2ccccc2O)CC2=C1C(c1ccc(Cl)cc1)n1ncnc1N2. The summed E-state index contributed by atoms with van der Waals surface area (Å²) in [6, 6.07) is 14.3. The molecule has 2 N–H and O–H groups in total. The molecule has 5 rings (SSSR count). The zero-order valence-corrected chi connectivity index (χ0v) is 15.6. The lowest BCUT2D eigenvalue weighted by Gasteiger charge is -2.35. The van der Waals surface area contributed by atoms with Gasteiger partial charge < -0.3 is 10.4 Å². The average molecular weight is 393 g/mol. The van der Waals surface area contributed by atoms with Crippen molar-refractivity contribution in [2.45, 2.75) is 24.8 Å². The number of Topliss-reactive ketones (excluding diaryl/α,β-unsaturated/α-hetero) is 1. The number of halogens is 1.